The maximum atomic E-state index is 13.0. The Labute approximate surface area is 156 Å². The third-order valence-corrected chi connectivity index (χ3v) is 4.65. The van der Waals surface area contributed by atoms with E-state index in [2.05, 4.69) is 42.5 Å². The molecule has 0 heterocycles. The molecule has 0 aromatic heterocycles. The van der Waals surface area contributed by atoms with Gasteiger partial charge < -0.3 is 0 Å². The number of Topliss-reactive ketones (excluding diaryl/α,β-unsaturated/α-hetero) is 1. The molecule has 1 nitrogen and oxygen atoms in total. The van der Waals surface area contributed by atoms with Crippen molar-refractivity contribution in [3.63, 3.8) is 0 Å². The first kappa shape index (κ1) is 17.9. The Bertz CT molecular complexity index is 892. The summed E-state index contributed by atoms with van der Waals surface area (Å²) in [4.78, 5) is 13.0. The normalized spacial score (nSPS) is 12.2. The highest BCUT2D eigenvalue weighted by molar-refractivity contribution is 5.98. The summed E-state index contributed by atoms with van der Waals surface area (Å²) in [7, 11) is 0. The second-order valence-electron chi connectivity index (χ2n) is 6.73. The van der Waals surface area contributed by atoms with Crippen molar-refractivity contribution in [1.82, 2.24) is 0 Å². The second kappa shape index (κ2) is 8.44. The number of benzene rings is 3. The van der Waals surface area contributed by atoms with Crippen molar-refractivity contribution in [3.8, 4) is 0 Å². The van der Waals surface area contributed by atoms with E-state index in [0.717, 1.165) is 22.3 Å². The molecular weight excluding hydrogens is 316 g/mol. The van der Waals surface area contributed by atoms with Crippen LogP contribution in [0.3, 0.4) is 0 Å². The number of carbonyl (C=O) groups excluding carboxylic acids is 1. The van der Waals surface area contributed by atoms with E-state index in [0.29, 0.717) is 6.42 Å². The highest BCUT2D eigenvalue weighted by Crippen LogP contribution is 2.25. The largest absolute Gasteiger partial charge is 0.294 e. The lowest BCUT2D eigenvalue weighted by Gasteiger charge is -2.14. The van der Waals surface area contributed by atoms with E-state index >= 15 is 0 Å². The van der Waals surface area contributed by atoms with Crippen LogP contribution >= 0.6 is 0 Å². The minimum Gasteiger partial charge on any atom is -0.294 e. The molecule has 0 spiro atoms. The van der Waals surface area contributed by atoms with Crippen LogP contribution in [-0.2, 0) is 0 Å². The molecule has 3 aromatic rings. The Kier molecular flexibility index (Phi) is 5.80. The summed E-state index contributed by atoms with van der Waals surface area (Å²) in [5.74, 6) is 0.251. The van der Waals surface area contributed by atoms with Crippen molar-refractivity contribution in [3.05, 3.63) is 113 Å². The molecule has 0 fully saturated rings. The molecule has 1 unspecified atom stereocenters. The van der Waals surface area contributed by atoms with Crippen LogP contribution in [0, 0.1) is 13.8 Å². The van der Waals surface area contributed by atoms with Gasteiger partial charge in [-0.05, 0) is 36.6 Å². The minimum absolute atomic E-state index is 0.0591. The van der Waals surface area contributed by atoms with Gasteiger partial charge in [0.15, 0.2) is 5.78 Å². The lowest BCUT2D eigenvalue weighted by molar-refractivity contribution is 0.0978. The molecule has 0 N–H and O–H groups in total. The third kappa shape index (κ3) is 4.58. The van der Waals surface area contributed by atoms with Crippen LogP contribution in [0.15, 0.2) is 84.9 Å². The van der Waals surface area contributed by atoms with Crippen molar-refractivity contribution in [2.24, 2.45) is 0 Å². The minimum atomic E-state index is 0.0591. The number of hydrogen-bond donors (Lipinski definition) is 0. The van der Waals surface area contributed by atoms with Crippen LogP contribution in [0.5, 0.6) is 0 Å². The summed E-state index contributed by atoms with van der Waals surface area (Å²) >= 11 is 0. The zero-order valence-electron chi connectivity index (χ0n) is 15.4. The lowest BCUT2D eigenvalue weighted by atomic mass is 9.89. The van der Waals surface area contributed by atoms with Gasteiger partial charge in [0.05, 0.1) is 0 Å². The Balaban J connectivity index is 1.87. The molecule has 26 heavy (non-hydrogen) atoms. The van der Waals surface area contributed by atoms with Crippen LogP contribution in [0.25, 0.3) is 6.08 Å². The fourth-order valence-electron chi connectivity index (χ4n) is 3.13. The van der Waals surface area contributed by atoms with Crippen LogP contribution < -0.4 is 0 Å². The zero-order valence-corrected chi connectivity index (χ0v) is 15.4. The molecule has 0 amide bonds. The van der Waals surface area contributed by atoms with Crippen molar-refractivity contribution < 1.29 is 4.79 Å². The van der Waals surface area contributed by atoms with E-state index < -0.39 is 0 Å². The first-order valence-corrected chi connectivity index (χ1v) is 9.02. The summed E-state index contributed by atoms with van der Waals surface area (Å²) in [5.41, 5.74) is 5.31. The zero-order chi connectivity index (χ0) is 18.4. The Hall–Kier alpha value is -2.93. The third-order valence-electron chi connectivity index (χ3n) is 4.65. The Morgan fingerprint density at radius 1 is 0.885 bits per heavy atom. The molecule has 0 saturated carbocycles. The molecule has 0 saturated heterocycles. The van der Waals surface area contributed by atoms with Crippen molar-refractivity contribution >= 4 is 11.9 Å². The molecule has 0 radical (unpaired) electrons. The van der Waals surface area contributed by atoms with E-state index in [1.807, 2.05) is 62.4 Å². The van der Waals surface area contributed by atoms with Gasteiger partial charge in [-0.1, -0.05) is 90.5 Å². The first-order chi connectivity index (χ1) is 12.6. The molecule has 0 aliphatic heterocycles. The average molecular weight is 340 g/mol. The summed E-state index contributed by atoms with van der Waals surface area (Å²) in [6.07, 6.45) is 4.72. The number of hydrogen-bond acceptors (Lipinski definition) is 1. The number of allylic oxidation sites excluding steroid dienone is 1. The van der Waals surface area contributed by atoms with E-state index in [-0.39, 0.29) is 11.7 Å². The molecule has 0 aliphatic rings. The first-order valence-electron chi connectivity index (χ1n) is 9.02. The van der Waals surface area contributed by atoms with Crippen LogP contribution in [0.2, 0.25) is 0 Å². The highest BCUT2D eigenvalue weighted by Gasteiger charge is 2.16. The van der Waals surface area contributed by atoms with Gasteiger partial charge in [0, 0.05) is 17.9 Å². The summed E-state index contributed by atoms with van der Waals surface area (Å²) < 4.78 is 0. The monoisotopic (exact) mass is 340 g/mol. The predicted molar refractivity (Wildman–Crippen MR) is 110 cm³/mol. The number of ketones is 1. The Morgan fingerprint density at radius 3 is 2.23 bits per heavy atom. The molecular formula is C25H24O. The molecule has 1 heteroatoms. The van der Waals surface area contributed by atoms with E-state index in [4.69, 9.17) is 0 Å². The van der Waals surface area contributed by atoms with Gasteiger partial charge in [-0.25, -0.2) is 0 Å². The van der Waals surface area contributed by atoms with E-state index in [9.17, 15) is 4.79 Å². The smallest absolute Gasteiger partial charge is 0.164 e. The maximum Gasteiger partial charge on any atom is 0.164 e. The van der Waals surface area contributed by atoms with Gasteiger partial charge in [0.2, 0.25) is 0 Å². The quantitative estimate of drug-likeness (QED) is 0.476. The van der Waals surface area contributed by atoms with Gasteiger partial charge in [-0.15, -0.1) is 0 Å². The second-order valence-corrected chi connectivity index (χ2v) is 6.73. The van der Waals surface area contributed by atoms with Gasteiger partial charge in [-0.2, -0.15) is 0 Å². The molecule has 3 aromatic carbocycles. The molecule has 130 valence electrons. The molecule has 3 rings (SSSR count). The topological polar surface area (TPSA) is 17.1 Å². The average Bonchev–Trinajstić information content (AvgIpc) is 2.68. The van der Waals surface area contributed by atoms with Gasteiger partial charge >= 0.3 is 0 Å². The van der Waals surface area contributed by atoms with Gasteiger partial charge in [-0.3, -0.25) is 4.79 Å². The summed E-state index contributed by atoms with van der Waals surface area (Å²) in [5, 5.41) is 0. The summed E-state index contributed by atoms with van der Waals surface area (Å²) in [6.45, 7) is 4.03. The maximum absolute atomic E-state index is 13.0. The summed E-state index contributed by atoms with van der Waals surface area (Å²) in [6, 6.07) is 26.5. The molecule has 0 aliphatic carbocycles. The number of carbonyl (C=O) groups is 1. The number of aryl methyl sites for hydroxylation is 2. The Morgan fingerprint density at radius 2 is 1.54 bits per heavy atom. The van der Waals surface area contributed by atoms with Crippen molar-refractivity contribution in [2.75, 3.05) is 0 Å². The van der Waals surface area contributed by atoms with Crippen molar-refractivity contribution in [1.29, 1.82) is 0 Å². The van der Waals surface area contributed by atoms with Crippen LogP contribution in [-0.4, -0.2) is 5.78 Å². The van der Waals surface area contributed by atoms with Gasteiger partial charge in [0.25, 0.3) is 0 Å². The molecule has 0 bridgehead atoms. The lowest BCUT2D eigenvalue weighted by Crippen LogP contribution is -2.08. The number of rotatable bonds is 6. The fraction of sp³-hybridized carbons (Fsp3) is 0.160. The highest BCUT2D eigenvalue weighted by atomic mass is 16.1. The van der Waals surface area contributed by atoms with E-state index in [1.165, 1.54) is 5.56 Å². The SMILES string of the molecule is Cc1ccc(C)c(C(=O)CC(/C=C/c2ccccc2)c2ccccc2)c1. The fourth-order valence-corrected chi connectivity index (χ4v) is 3.13. The van der Waals surface area contributed by atoms with Crippen LogP contribution in [0.1, 0.15) is 45.0 Å². The van der Waals surface area contributed by atoms with Gasteiger partial charge in [0.1, 0.15) is 0 Å². The van der Waals surface area contributed by atoms with E-state index in [1.54, 1.807) is 0 Å². The van der Waals surface area contributed by atoms with Crippen molar-refractivity contribution in [2.45, 2.75) is 26.2 Å². The molecule has 1 atom stereocenters. The predicted octanol–water partition coefficient (Wildman–Crippen LogP) is 6.37. The van der Waals surface area contributed by atoms with Crippen LogP contribution in [0.4, 0.5) is 0 Å². The standard InChI is InChI=1S/C25H24O/c1-19-13-14-20(2)24(17-19)25(26)18-23(22-11-7-4-8-12-22)16-15-21-9-5-3-6-10-21/h3-17,23H,18H2,1-2H3/b16-15+.